The second kappa shape index (κ2) is 8.04. The van der Waals surface area contributed by atoms with Gasteiger partial charge in [-0.1, -0.05) is 19.9 Å². The third-order valence-corrected chi connectivity index (χ3v) is 5.00. The molecule has 0 saturated carbocycles. The predicted octanol–water partition coefficient (Wildman–Crippen LogP) is 1.94. The summed E-state index contributed by atoms with van der Waals surface area (Å²) in [5.74, 6) is 1.12. The number of rotatable bonds is 6. The number of aromatic nitrogens is 4. The Balaban J connectivity index is 1.49. The van der Waals surface area contributed by atoms with Crippen LogP contribution in [-0.4, -0.2) is 31.5 Å². The third-order valence-electron chi connectivity index (χ3n) is 5.00. The van der Waals surface area contributed by atoms with Crippen LogP contribution in [0.4, 0.5) is 0 Å². The van der Waals surface area contributed by atoms with Crippen molar-refractivity contribution in [3.05, 3.63) is 60.3 Å². The summed E-state index contributed by atoms with van der Waals surface area (Å²) >= 11 is 0. The van der Waals surface area contributed by atoms with Gasteiger partial charge in [0.1, 0.15) is 6.04 Å². The Morgan fingerprint density at radius 2 is 2.04 bits per heavy atom. The van der Waals surface area contributed by atoms with Gasteiger partial charge in [-0.2, -0.15) is 0 Å². The summed E-state index contributed by atoms with van der Waals surface area (Å²) in [6, 6.07) is 9.27. The van der Waals surface area contributed by atoms with E-state index in [4.69, 9.17) is 0 Å². The van der Waals surface area contributed by atoms with Crippen LogP contribution >= 0.6 is 0 Å². The van der Waals surface area contributed by atoms with E-state index in [0.29, 0.717) is 12.3 Å². The largest absolute Gasteiger partial charge is 0.345 e. The van der Waals surface area contributed by atoms with E-state index in [2.05, 4.69) is 45.2 Å². The van der Waals surface area contributed by atoms with Gasteiger partial charge >= 0.3 is 0 Å². The molecule has 8 heteroatoms. The number of hydrogen-bond acceptors (Lipinski definition) is 6. The predicted molar refractivity (Wildman–Crippen MR) is 105 cm³/mol. The maximum Gasteiger partial charge on any atom is 0.239 e. The fourth-order valence-electron chi connectivity index (χ4n) is 3.61. The first-order valence-corrected chi connectivity index (χ1v) is 9.63. The Morgan fingerprint density at radius 3 is 2.82 bits per heavy atom. The number of carbonyl (C=O) groups is 1. The number of amides is 1. The van der Waals surface area contributed by atoms with E-state index >= 15 is 0 Å². The number of hydrogen-bond donors (Lipinski definition) is 3. The quantitative estimate of drug-likeness (QED) is 0.606. The van der Waals surface area contributed by atoms with Crippen LogP contribution < -0.4 is 16.2 Å². The molecule has 1 fully saturated rings. The van der Waals surface area contributed by atoms with E-state index in [0.717, 1.165) is 23.5 Å². The summed E-state index contributed by atoms with van der Waals surface area (Å²) in [5, 5.41) is 11.8. The van der Waals surface area contributed by atoms with Crippen LogP contribution in [0.25, 0.3) is 5.65 Å². The van der Waals surface area contributed by atoms with Crippen LogP contribution in [0, 0.1) is 5.92 Å². The highest BCUT2D eigenvalue weighted by Gasteiger charge is 2.32. The molecule has 3 atom stereocenters. The number of nitrogens with one attached hydrogen (secondary N) is 3. The number of fused-ring (bicyclic) bond motifs is 1. The van der Waals surface area contributed by atoms with Gasteiger partial charge in [0.05, 0.1) is 6.04 Å². The van der Waals surface area contributed by atoms with Gasteiger partial charge < -0.3 is 5.32 Å². The van der Waals surface area contributed by atoms with Gasteiger partial charge in [-0.3, -0.25) is 14.2 Å². The summed E-state index contributed by atoms with van der Waals surface area (Å²) in [6.45, 7) is 4.27. The van der Waals surface area contributed by atoms with E-state index in [-0.39, 0.29) is 24.0 Å². The Hall–Kier alpha value is -2.84. The normalized spacial score (nSPS) is 20.5. The zero-order chi connectivity index (χ0) is 19.5. The average Bonchev–Trinajstić information content (AvgIpc) is 3.35. The summed E-state index contributed by atoms with van der Waals surface area (Å²) in [5.41, 5.74) is 8.22. The minimum atomic E-state index is -0.313. The number of pyridine rings is 2. The highest BCUT2D eigenvalue weighted by Crippen LogP contribution is 2.24. The van der Waals surface area contributed by atoms with Gasteiger partial charge in [-0.15, -0.1) is 10.2 Å². The first kappa shape index (κ1) is 18.5. The Labute approximate surface area is 163 Å². The van der Waals surface area contributed by atoms with Crippen molar-refractivity contribution >= 4 is 11.6 Å². The lowest BCUT2D eigenvalue weighted by molar-refractivity contribution is -0.123. The molecule has 1 aliphatic heterocycles. The molecule has 146 valence electrons. The maximum atomic E-state index is 13.0. The molecular weight excluding hydrogens is 354 g/mol. The zero-order valence-corrected chi connectivity index (χ0v) is 16.0. The molecule has 3 N–H and O–H groups in total. The number of nitrogens with zero attached hydrogens (tertiary/aromatic N) is 4. The molecule has 3 aromatic rings. The molecule has 1 saturated heterocycles. The van der Waals surface area contributed by atoms with E-state index in [9.17, 15) is 4.79 Å². The molecular formula is C20H25N7O. The average molecular weight is 379 g/mol. The van der Waals surface area contributed by atoms with Crippen LogP contribution in [-0.2, 0) is 4.79 Å². The molecule has 0 aromatic carbocycles. The van der Waals surface area contributed by atoms with Crippen molar-refractivity contribution in [3.8, 4) is 0 Å². The van der Waals surface area contributed by atoms with Crippen LogP contribution in [0.15, 0.2) is 48.9 Å². The van der Waals surface area contributed by atoms with Crippen LogP contribution in [0.2, 0.25) is 0 Å². The smallest absolute Gasteiger partial charge is 0.239 e. The topological polar surface area (TPSA) is 96.2 Å². The first-order chi connectivity index (χ1) is 13.6. The van der Waals surface area contributed by atoms with Gasteiger partial charge in [0.15, 0.2) is 11.5 Å². The van der Waals surface area contributed by atoms with Crippen molar-refractivity contribution in [2.45, 2.75) is 44.8 Å². The fraction of sp³-hybridized carbons (Fsp3) is 0.400. The summed E-state index contributed by atoms with van der Waals surface area (Å²) in [7, 11) is 0. The van der Waals surface area contributed by atoms with Crippen molar-refractivity contribution in [1.82, 2.24) is 35.8 Å². The van der Waals surface area contributed by atoms with Gasteiger partial charge in [-0.25, -0.2) is 10.9 Å². The van der Waals surface area contributed by atoms with Crippen molar-refractivity contribution in [3.63, 3.8) is 0 Å². The Morgan fingerprint density at radius 1 is 1.21 bits per heavy atom. The molecule has 8 nitrogen and oxygen atoms in total. The lowest BCUT2D eigenvalue weighted by Gasteiger charge is -2.21. The van der Waals surface area contributed by atoms with E-state index in [1.54, 1.807) is 12.4 Å². The number of carbonyl (C=O) groups excluding carboxylic acids is 1. The molecule has 28 heavy (non-hydrogen) atoms. The molecule has 0 aliphatic carbocycles. The van der Waals surface area contributed by atoms with E-state index in [1.807, 2.05) is 40.9 Å². The molecule has 1 amide bonds. The lowest BCUT2D eigenvalue weighted by Crippen LogP contribution is -2.45. The molecule has 0 radical (unpaired) electrons. The SMILES string of the molecule is CC(C)CC(NC(=O)C1CC(c2ccncc2)NN1)c1nnc2ccccn12. The van der Waals surface area contributed by atoms with Crippen LogP contribution in [0.3, 0.4) is 0 Å². The highest BCUT2D eigenvalue weighted by atomic mass is 16.2. The summed E-state index contributed by atoms with van der Waals surface area (Å²) < 4.78 is 1.94. The Kier molecular flexibility index (Phi) is 5.31. The molecule has 4 rings (SSSR count). The molecule has 3 unspecified atom stereocenters. The third kappa shape index (κ3) is 3.88. The summed E-state index contributed by atoms with van der Waals surface area (Å²) in [6.07, 6.45) is 6.91. The zero-order valence-electron chi connectivity index (χ0n) is 16.0. The minimum absolute atomic E-state index is 0.0395. The van der Waals surface area contributed by atoms with Gasteiger partial charge in [0.25, 0.3) is 0 Å². The second-order valence-corrected chi connectivity index (χ2v) is 7.59. The van der Waals surface area contributed by atoms with Crippen LogP contribution in [0.5, 0.6) is 0 Å². The van der Waals surface area contributed by atoms with Crippen LogP contribution in [0.1, 0.15) is 50.2 Å². The maximum absolute atomic E-state index is 13.0. The van der Waals surface area contributed by atoms with Crippen molar-refractivity contribution in [2.24, 2.45) is 5.92 Å². The fourth-order valence-corrected chi connectivity index (χ4v) is 3.61. The molecule has 1 aliphatic rings. The molecule has 0 bridgehead atoms. The Bertz CT molecular complexity index is 940. The van der Waals surface area contributed by atoms with E-state index in [1.165, 1.54) is 0 Å². The second-order valence-electron chi connectivity index (χ2n) is 7.59. The molecule has 0 spiro atoms. The van der Waals surface area contributed by atoms with Gasteiger partial charge in [-0.05, 0) is 48.6 Å². The first-order valence-electron chi connectivity index (χ1n) is 9.63. The van der Waals surface area contributed by atoms with Crippen molar-refractivity contribution in [1.29, 1.82) is 0 Å². The monoisotopic (exact) mass is 379 g/mol. The minimum Gasteiger partial charge on any atom is -0.345 e. The van der Waals surface area contributed by atoms with Gasteiger partial charge in [0.2, 0.25) is 5.91 Å². The van der Waals surface area contributed by atoms with Gasteiger partial charge in [0, 0.05) is 24.6 Å². The summed E-state index contributed by atoms with van der Waals surface area (Å²) in [4.78, 5) is 17.0. The van der Waals surface area contributed by atoms with Crippen molar-refractivity contribution in [2.75, 3.05) is 0 Å². The van der Waals surface area contributed by atoms with Crippen molar-refractivity contribution < 1.29 is 4.79 Å². The lowest BCUT2D eigenvalue weighted by atomic mass is 10.0. The standard InChI is InChI=1S/C20H25N7O/c1-13(2)11-16(19-26-25-18-5-3-4-10-27(18)19)22-20(28)17-12-15(23-24-17)14-6-8-21-9-7-14/h3-10,13,15-17,23-24H,11-12H2,1-2H3,(H,22,28). The highest BCUT2D eigenvalue weighted by molar-refractivity contribution is 5.82. The van der Waals surface area contributed by atoms with E-state index < -0.39 is 0 Å². The molecule has 3 aromatic heterocycles. The molecule has 4 heterocycles. The number of hydrazine groups is 1.